The van der Waals surface area contributed by atoms with Crippen LogP contribution in [0.1, 0.15) is 19.4 Å². The van der Waals surface area contributed by atoms with Crippen LogP contribution in [0.2, 0.25) is 0 Å². The summed E-state index contributed by atoms with van der Waals surface area (Å²) in [7, 11) is 0. The average Bonchev–Trinajstić information content (AvgIpc) is 2.27. The topological polar surface area (TPSA) is 26.0 Å². The Bertz CT molecular complexity index is 385. The van der Waals surface area contributed by atoms with E-state index in [9.17, 15) is 8.78 Å². The van der Waals surface area contributed by atoms with E-state index in [1.807, 2.05) is 0 Å². The van der Waals surface area contributed by atoms with E-state index in [-0.39, 0.29) is 22.5 Å². The molecule has 0 saturated heterocycles. The molecule has 2 N–H and O–H groups in total. The molecule has 0 aliphatic rings. The van der Waals surface area contributed by atoms with Gasteiger partial charge in [-0.2, -0.15) is 11.8 Å². The largest absolute Gasteiger partial charge is 0.327 e. The van der Waals surface area contributed by atoms with E-state index in [2.05, 4.69) is 29.8 Å². The summed E-state index contributed by atoms with van der Waals surface area (Å²) in [5.74, 6) is -0.381. The second-order valence-electron chi connectivity index (χ2n) is 4.17. The van der Waals surface area contributed by atoms with Crippen LogP contribution in [0, 0.1) is 11.6 Å². The average molecular weight is 324 g/mol. The van der Waals surface area contributed by atoms with E-state index in [4.69, 9.17) is 5.73 Å². The molecule has 5 heteroatoms. The van der Waals surface area contributed by atoms with Crippen molar-refractivity contribution in [2.75, 3.05) is 5.75 Å². The maximum atomic E-state index is 13.7. The normalized spacial score (nSPS) is 13.1. The lowest BCUT2D eigenvalue weighted by Gasteiger charge is -2.14. The highest BCUT2D eigenvalue weighted by Crippen LogP contribution is 2.23. The smallest absolute Gasteiger partial charge is 0.143 e. The number of nitrogens with two attached hydrogens (primary N) is 1. The van der Waals surface area contributed by atoms with Crippen molar-refractivity contribution in [1.82, 2.24) is 0 Å². The Balaban J connectivity index is 2.71. The van der Waals surface area contributed by atoms with Crippen LogP contribution in [-0.4, -0.2) is 17.0 Å². The van der Waals surface area contributed by atoms with Crippen molar-refractivity contribution < 1.29 is 8.78 Å². The number of hydrogen-bond donors (Lipinski definition) is 1. The van der Waals surface area contributed by atoms with E-state index >= 15 is 0 Å². The first-order valence-corrected chi connectivity index (χ1v) is 7.25. The molecule has 17 heavy (non-hydrogen) atoms. The molecule has 0 heterocycles. The second-order valence-corrected chi connectivity index (χ2v) is 6.63. The molecule has 1 nitrogen and oxygen atoms in total. The predicted molar refractivity (Wildman–Crippen MR) is 73.3 cm³/mol. The molecular weight excluding hydrogens is 308 g/mol. The highest BCUT2D eigenvalue weighted by molar-refractivity contribution is 9.10. The Morgan fingerprint density at radius 3 is 2.59 bits per heavy atom. The summed E-state index contributed by atoms with van der Waals surface area (Å²) >= 11 is 4.74. The zero-order chi connectivity index (χ0) is 13.0. The Kier molecular flexibility index (Phi) is 5.89. The molecule has 0 radical (unpaired) electrons. The van der Waals surface area contributed by atoms with Gasteiger partial charge in [-0.15, -0.1) is 0 Å². The van der Waals surface area contributed by atoms with Gasteiger partial charge in [0, 0.05) is 17.4 Å². The first kappa shape index (κ1) is 14.9. The fourth-order valence-corrected chi connectivity index (χ4v) is 2.51. The van der Waals surface area contributed by atoms with Crippen LogP contribution in [-0.2, 0) is 6.42 Å². The lowest BCUT2D eigenvalue weighted by Crippen LogP contribution is -2.27. The van der Waals surface area contributed by atoms with Crippen LogP contribution in [0.25, 0.3) is 0 Å². The van der Waals surface area contributed by atoms with Gasteiger partial charge in [0.25, 0.3) is 0 Å². The van der Waals surface area contributed by atoms with Crippen molar-refractivity contribution in [3.05, 3.63) is 33.8 Å². The summed E-state index contributed by atoms with van der Waals surface area (Å²) < 4.78 is 27.4. The van der Waals surface area contributed by atoms with Crippen LogP contribution in [0.15, 0.2) is 16.6 Å². The van der Waals surface area contributed by atoms with Gasteiger partial charge in [-0.1, -0.05) is 13.8 Å². The summed E-state index contributed by atoms with van der Waals surface area (Å²) in [5, 5.41) is 0.471. The summed E-state index contributed by atoms with van der Waals surface area (Å²) in [5.41, 5.74) is 5.94. The van der Waals surface area contributed by atoms with Crippen LogP contribution in [0.5, 0.6) is 0 Å². The number of benzene rings is 1. The molecule has 0 bridgehead atoms. The van der Waals surface area contributed by atoms with Crippen molar-refractivity contribution in [2.45, 2.75) is 31.6 Å². The monoisotopic (exact) mass is 323 g/mol. The molecule has 96 valence electrons. The lowest BCUT2D eigenvalue weighted by atomic mass is 10.1. The first-order valence-electron chi connectivity index (χ1n) is 5.41. The van der Waals surface area contributed by atoms with Gasteiger partial charge in [0.1, 0.15) is 11.6 Å². The molecule has 0 spiro atoms. The van der Waals surface area contributed by atoms with Gasteiger partial charge in [-0.3, -0.25) is 0 Å². The molecular formula is C12H16BrF2NS. The SMILES string of the molecule is CC(C)SCC(N)Cc1c(F)ccc(Br)c1F. The zero-order valence-corrected chi connectivity index (χ0v) is 12.2. The van der Waals surface area contributed by atoms with Crippen LogP contribution >= 0.6 is 27.7 Å². The quantitative estimate of drug-likeness (QED) is 0.835. The van der Waals surface area contributed by atoms with Crippen molar-refractivity contribution in [3.8, 4) is 0 Å². The molecule has 1 atom stereocenters. The Morgan fingerprint density at radius 1 is 1.35 bits per heavy atom. The van der Waals surface area contributed by atoms with Gasteiger partial charge in [0.05, 0.1) is 4.47 Å². The summed E-state index contributed by atoms with van der Waals surface area (Å²) in [6.07, 6.45) is 0.219. The first-order chi connectivity index (χ1) is 7.91. The maximum Gasteiger partial charge on any atom is 0.143 e. The molecule has 1 aromatic carbocycles. The number of halogens is 3. The van der Waals surface area contributed by atoms with E-state index < -0.39 is 11.6 Å². The minimum absolute atomic E-state index is 0.0660. The van der Waals surface area contributed by atoms with Crippen LogP contribution in [0.4, 0.5) is 8.78 Å². The summed E-state index contributed by atoms with van der Waals surface area (Å²) in [4.78, 5) is 0. The Labute approximate surface area is 113 Å². The third-order valence-electron chi connectivity index (χ3n) is 2.25. The van der Waals surface area contributed by atoms with E-state index in [1.165, 1.54) is 12.1 Å². The van der Waals surface area contributed by atoms with Gasteiger partial charge in [0.2, 0.25) is 0 Å². The van der Waals surface area contributed by atoms with Crippen LogP contribution < -0.4 is 5.73 Å². The Hall–Kier alpha value is -0.130. The zero-order valence-electron chi connectivity index (χ0n) is 9.84. The molecule has 0 aliphatic carbocycles. The molecule has 0 aromatic heterocycles. The summed E-state index contributed by atoms with van der Waals surface area (Å²) in [6.45, 7) is 4.13. The van der Waals surface area contributed by atoms with Crippen LogP contribution in [0.3, 0.4) is 0 Å². The fourth-order valence-electron chi connectivity index (χ4n) is 1.39. The van der Waals surface area contributed by atoms with Gasteiger partial charge in [-0.05, 0) is 39.7 Å². The standard InChI is InChI=1S/C12H16BrF2NS/c1-7(2)17-6-8(16)5-9-11(14)4-3-10(13)12(9)15/h3-4,7-8H,5-6,16H2,1-2H3. The fraction of sp³-hybridized carbons (Fsp3) is 0.500. The minimum Gasteiger partial charge on any atom is -0.327 e. The molecule has 1 unspecified atom stereocenters. The predicted octanol–water partition coefficient (Wildman–Crippen LogP) is 3.74. The minimum atomic E-state index is -0.546. The molecule has 1 aromatic rings. The Morgan fingerprint density at radius 2 is 2.00 bits per heavy atom. The highest BCUT2D eigenvalue weighted by atomic mass is 79.9. The third kappa shape index (κ3) is 4.56. The van der Waals surface area contributed by atoms with Gasteiger partial charge in [-0.25, -0.2) is 8.78 Å². The third-order valence-corrected chi connectivity index (χ3v) is 4.15. The molecule has 0 saturated carbocycles. The van der Waals surface area contributed by atoms with Gasteiger partial charge >= 0.3 is 0 Å². The molecule has 0 fully saturated rings. The second kappa shape index (κ2) is 6.71. The van der Waals surface area contributed by atoms with E-state index in [0.717, 1.165) is 0 Å². The highest BCUT2D eigenvalue weighted by Gasteiger charge is 2.15. The molecule has 0 amide bonds. The lowest BCUT2D eigenvalue weighted by molar-refractivity contribution is 0.539. The molecule has 0 aliphatic heterocycles. The van der Waals surface area contributed by atoms with Gasteiger partial charge < -0.3 is 5.73 Å². The number of hydrogen-bond acceptors (Lipinski definition) is 2. The number of thioether (sulfide) groups is 1. The summed E-state index contributed by atoms with van der Waals surface area (Å²) in [6, 6.07) is 2.38. The van der Waals surface area contributed by atoms with Crippen molar-refractivity contribution >= 4 is 27.7 Å². The molecule has 1 rings (SSSR count). The van der Waals surface area contributed by atoms with E-state index in [1.54, 1.807) is 11.8 Å². The van der Waals surface area contributed by atoms with Crippen molar-refractivity contribution in [3.63, 3.8) is 0 Å². The van der Waals surface area contributed by atoms with E-state index in [0.29, 0.717) is 11.0 Å². The number of rotatable bonds is 5. The van der Waals surface area contributed by atoms with Crippen molar-refractivity contribution in [1.29, 1.82) is 0 Å². The van der Waals surface area contributed by atoms with Crippen molar-refractivity contribution in [2.24, 2.45) is 5.73 Å². The van der Waals surface area contributed by atoms with Gasteiger partial charge in [0.15, 0.2) is 0 Å². The maximum absolute atomic E-state index is 13.7.